The van der Waals surface area contributed by atoms with Gasteiger partial charge in [0, 0.05) is 18.3 Å². The SMILES string of the molecule is C[C@]12CCC(=O)C(C(F)(F)F)=C1CC[C@@H]1[C@@H]2CC[C@]2(C)C(=O)CC[C@@H]12. The maximum absolute atomic E-state index is 13.6. The molecule has 25 heavy (non-hydrogen) atoms. The average molecular weight is 354 g/mol. The van der Waals surface area contributed by atoms with E-state index >= 15 is 0 Å². The van der Waals surface area contributed by atoms with Gasteiger partial charge in [0.05, 0.1) is 5.57 Å². The minimum Gasteiger partial charge on any atom is -0.299 e. The molecule has 3 saturated carbocycles. The van der Waals surface area contributed by atoms with Crippen molar-refractivity contribution in [3.05, 3.63) is 11.1 Å². The first-order valence-corrected chi connectivity index (χ1v) is 9.46. The number of Topliss-reactive ketones (excluding diaryl/α,β-unsaturated/α-hetero) is 2. The van der Waals surface area contributed by atoms with E-state index in [1.165, 1.54) is 0 Å². The normalized spacial score (nSPS) is 44.4. The summed E-state index contributed by atoms with van der Waals surface area (Å²) in [6, 6.07) is 0. The van der Waals surface area contributed by atoms with Crippen molar-refractivity contribution in [3.8, 4) is 0 Å². The van der Waals surface area contributed by atoms with Gasteiger partial charge in [0.2, 0.25) is 0 Å². The summed E-state index contributed by atoms with van der Waals surface area (Å²) in [4.78, 5) is 24.4. The number of hydrogen-bond acceptors (Lipinski definition) is 2. The van der Waals surface area contributed by atoms with Crippen LogP contribution in [0.3, 0.4) is 0 Å². The summed E-state index contributed by atoms with van der Waals surface area (Å²) in [5, 5.41) is 0. The molecule has 4 aliphatic rings. The Hall–Kier alpha value is -1.13. The van der Waals surface area contributed by atoms with Gasteiger partial charge in [0.25, 0.3) is 0 Å². The molecule has 0 unspecified atom stereocenters. The van der Waals surface area contributed by atoms with Crippen LogP contribution >= 0.6 is 0 Å². The van der Waals surface area contributed by atoms with Crippen LogP contribution in [0.4, 0.5) is 13.2 Å². The molecule has 0 aromatic heterocycles. The Morgan fingerprint density at radius 2 is 1.56 bits per heavy atom. The number of alkyl halides is 3. The molecule has 0 heterocycles. The largest absolute Gasteiger partial charge is 0.419 e. The van der Waals surface area contributed by atoms with Crippen molar-refractivity contribution >= 4 is 11.6 Å². The van der Waals surface area contributed by atoms with Crippen LogP contribution in [-0.4, -0.2) is 17.7 Å². The van der Waals surface area contributed by atoms with Gasteiger partial charge in [-0.1, -0.05) is 13.8 Å². The number of halogens is 3. The van der Waals surface area contributed by atoms with Gasteiger partial charge in [0.1, 0.15) is 5.78 Å². The number of fused-ring (bicyclic) bond motifs is 5. The quantitative estimate of drug-likeness (QED) is 0.612. The van der Waals surface area contributed by atoms with Crippen LogP contribution in [0.5, 0.6) is 0 Å². The van der Waals surface area contributed by atoms with Crippen molar-refractivity contribution in [2.75, 3.05) is 0 Å². The molecular weight excluding hydrogens is 329 g/mol. The summed E-state index contributed by atoms with van der Waals surface area (Å²) in [6.07, 6.45) is 0.131. The second-order valence-corrected chi connectivity index (χ2v) is 9.03. The molecular formula is C20H25F3O2. The number of ketones is 2. The number of allylic oxidation sites excluding steroid dienone is 1. The Labute approximate surface area is 146 Å². The van der Waals surface area contributed by atoms with Gasteiger partial charge in [-0.3, -0.25) is 9.59 Å². The van der Waals surface area contributed by atoms with E-state index in [9.17, 15) is 22.8 Å². The summed E-state index contributed by atoms with van der Waals surface area (Å²) in [6.45, 7) is 4.03. The van der Waals surface area contributed by atoms with Gasteiger partial charge < -0.3 is 0 Å². The Balaban J connectivity index is 1.77. The monoisotopic (exact) mass is 354 g/mol. The highest BCUT2D eigenvalue weighted by molar-refractivity contribution is 5.98. The maximum Gasteiger partial charge on any atom is 0.419 e. The molecule has 4 rings (SSSR count). The zero-order chi connectivity index (χ0) is 18.2. The number of rotatable bonds is 0. The summed E-state index contributed by atoms with van der Waals surface area (Å²) in [7, 11) is 0. The van der Waals surface area contributed by atoms with Gasteiger partial charge in [-0.25, -0.2) is 0 Å². The number of carbonyl (C=O) groups is 2. The van der Waals surface area contributed by atoms with Crippen LogP contribution in [0.25, 0.3) is 0 Å². The number of hydrogen-bond donors (Lipinski definition) is 0. The fourth-order valence-electron chi connectivity index (χ4n) is 6.82. The van der Waals surface area contributed by atoms with Crippen LogP contribution in [-0.2, 0) is 9.59 Å². The molecule has 0 aromatic rings. The molecule has 138 valence electrons. The smallest absolute Gasteiger partial charge is 0.299 e. The van der Waals surface area contributed by atoms with Crippen molar-refractivity contribution in [2.45, 2.75) is 71.4 Å². The molecule has 3 fully saturated rings. The van der Waals surface area contributed by atoms with Crippen molar-refractivity contribution in [2.24, 2.45) is 28.6 Å². The summed E-state index contributed by atoms with van der Waals surface area (Å²) in [5.74, 6) is 0.420. The van der Waals surface area contributed by atoms with Gasteiger partial charge >= 0.3 is 6.18 Å². The molecule has 5 heteroatoms. The van der Waals surface area contributed by atoms with Crippen molar-refractivity contribution in [3.63, 3.8) is 0 Å². The molecule has 5 atom stereocenters. The Morgan fingerprint density at radius 1 is 0.880 bits per heavy atom. The van der Waals surface area contributed by atoms with Crippen LogP contribution in [0.2, 0.25) is 0 Å². The first-order chi connectivity index (χ1) is 11.6. The fourth-order valence-corrected chi connectivity index (χ4v) is 6.82. The molecule has 4 aliphatic carbocycles. The predicted octanol–water partition coefficient (Wildman–Crippen LogP) is 5.02. The van der Waals surface area contributed by atoms with E-state index in [4.69, 9.17) is 0 Å². The maximum atomic E-state index is 13.6. The first kappa shape index (κ1) is 17.3. The highest BCUT2D eigenvalue weighted by Crippen LogP contribution is 2.65. The van der Waals surface area contributed by atoms with Crippen LogP contribution in [0.15, 0.2) is 11.1 Å². The Kier molecular flexibility index (Phi) is 3.60. The van der Waals surface area contributed by atoms with E-state index in [1.54, 1.807) is 0 Å². The van der Waals surface area contributed by atoms with Crippen LogP contribution in [0.1, 0.15) is 65.2 Å². The molecule has 0 N–H and O–H groups in total. The molecule has 0 saturated heterocycles. The lowest BCUT2D eigenvalue weighted by Crippen LogP contribution is -2.51. The fraction of sp³-hybridized carbons (Fsp3) is 0.800. The van der Waals surface area contributed by atoms with E-state index < -0.39 is 22.9 Å². The van der Waals surface area contributed by atoms with E-state index in [0.717, 1.165) is 19.3 Å². The van der Waals surface area contributed by atoms with E-state index in [-0.39, 0.29) is 17.8 Å². The third-order valence-electron chi connectivity index (χ3n) is 8.12. The third-order valence-corrected chi connectivity index (χ3v) is 8.12. The van der Waals surface area contributed by atoms with Crippen molar-refractivity contribution in [1.82, 2.24) is 0 Å². The lowest BCUT2D eigenvalue weighted by Gasteiger charge is -2.57. The van der Waals surface area contributed by atoms with Gasteiger partial charge in [0.15, 0.2) is 5.78 Å². The lowest BCUT2D eigenvalue weighted by atomic mass is 9.47. The Bertz CT molecular complexity index is 677. The minimum atomic E-state index is -4.55. The van der Waals surface area contributed by atoms with E-state index in [0.29, 0.717) is 48.9 Å². The molecule has 0 aliphatic heterocycles. The van der Waals surface area contributed by atoms with E-state index in [2.05, 4.69) is 6.92 Å². The van der Waals surface area contributed by atoms with E-state index in [1.807, 2.05) is 6.92 Å². The zero-order valence-electron chi connectivity index (χ0n) is 14.8. The minimum absolute atomic E-state index is 0.00106. The molecule has 0 spiro atoms. The topological polar surface area (TPSA) is 34.1 Å². The predicted molar refractivity (Wildman–Crippen MR) is 86.7 cm³/mol. The highest BCUT2D eigenvalue weighted by Gasteiger charge is 2.61. The number of carbonyl (C=O) groups excluding carboxylic acids is 2. The zero-order valence-corrected chi connectivity index (χ0v) is 14.8. The highest BCUT2D eigenvalue weighted by atomic mass is 19.4. The molecule has 0 aromatic carbocycles. The molecule has 2 nitrogen and oxygen atoms in total. The second-order valence-electron chi connectivity index (χ2n) is 9.03. The summed E-state index contributed by atoms with van der Waals surface area (Å²) in [5.41, 5.74) is -1.29. The van der Waals surface area contributed by atoms with Gasteiger partial charge in [-0.2, -0.15) is 13.2 Å². The van der Waals surface area contributed by atoms with Gasteiger partial charge in [-0.15, -0.1) is 0 Å². The van der Waals surface area contributed by atoms with Crippen LogP contribution < -0.4 is 0 Å². The lowest BCUT2D eigenvalue weighted by molar-refractivity contribution is -0.136. The average Bonchev–Trinajstić information content (AvgIpc) is 2.82. The standard InChI is InChI=1S/C20H25F3O2/c1-18-10-8-15(24)17(20(21,22)23)14(18)4-3-11-12-5-6-16(25)19(12,2)9-7-13(11)18/h11-13H,3-10H2,1-2H3/t11-,12-,13-,18+,19-/m0/s1. The third kappa shape index (κ3) is 2.23. The van der Waals surface area contributed by atoms with Crippen LogP contribution in [0, 0.1) is 28.6 Å². The van der Waals surface area contributed by atoms with Crippen molar-refractivity contribution < 1.29 is 22.8 Å². The Morgan fingerprint density at radius 3 is 2.24 bits per heavy atom. The summed E-state index contributed by atoms with van der Waals surface area (Å²) < 4.78 is 40.7. The molecule has 0 radical (unpaired) electrons. The van der Waals surface area contributed by atoms with Crippen molar-refractivity contribution in [1.29, 1.82) is 0 Å². The first-order valence-electron chi connectivity index (χ1n) is 9.46. The molecule has 0 amide bonds. The summed E-state index contributed by atoms with van der Waals surface area (Å²) >= 11 is 0. The van der Waals surface area contributed by atoms with Gasteiger partial charge in [-0.05, 0) is 67.3 Å². The molecule has 0 bridgehead atoms. The second kappa shape index (κ2) is 5.20.